The number of anilines is 2. The number of carbonyl (C=O) groups is 2. The Morgan fingerprint density at radius 3 is 2.39 bits per heavy atom. The molecule has 33 heavy (non-hydrogen) atoms. The van der Waals surface area contributed by atoms with Crippen LogP contribution in [0.25, 0.3) is 5.57 Å². The van der Waals surface area contributed by atoms with Crippen molar-refractivity contribution in [1.29, 1.82) is 0 Å². The van der Waals surface area contributed by atoms with Crippen molar-refractivity contribution in [3.05, 3.63) is 99.2 Å². The van der Waals surface area contributed by atoms with Crippen LogP contribution >= 0.6 is 11.6 Å². The third-order valence-electron chi connectivity index (χ3n) is 6.50. The first kappa shape index (κ1) is 21.5. The molecule has 5 rings (SSSR count). The Balaban J connectivity index is 1.73. The minimum absolute atomic E-state index is 0.313. The Morgan fingerprint density at radius 1 is 0.848 bits per heavy atom. The van der Waals surface area contributed by atoms with Crippen molar-refractivity contribution in [2.45, 2.75) is 33.6 Å². The van der Waals surface area contributed by atoms with Crippen LogP contribution in [0.4, 0.5) is 11.4 Å². The van der Waals surface area contributed by atoms with Crippen LogP contribution in [0.5, 0.6) is 0 Å². The Hall–Kier alpha value is -3.37. The zero-order valence-corrected chi connectivity index (χ0v) is 19.7. The van der Waals surface area contributed by atoms with Gasteiger partial charge in [0.1, 0.15) is 5.70 Å². The predicted octanol–water partition coefficient (Wildman–Crippen LogP) is 6.00. The van der Waals surface area contributed by atoms with E-state index in [0.717, 1.165) is 40.8 Å². The van der Waals surface area contributed by atoms with Crippen LogP contribution in [-0.2, 0) is 16.0 Å². The fourth-order valence-corrected chi connectivity index (χ4v) is 5.00. The number of imide groups is 1. The molecule has 0 saturated carbocycles. The summed E-state index contributed by atoms with van der Waals surface area (Å²) in [5.41, 5.74) is 7.33. The van der Waals surface area contributed by atoms with Gasteiger partial charge in [-0.05, 0) is 74.1 Å². The number of aryl methyl sites for hydroxylation is 4. The van der Waals surface area contributed by atoms with Gasteiger partial charge in [0.05, 0.1) is 11.3 Å². The number of halogens is 1. The SMILES string of the molecule is Cc1ccc(C2=C(N3CCCc4ccccc43)C(=O)N(c3ccc(C)c(Cl)c3)C2=O)c(C)c1. The number of carbonyl (C=O) groups excluding carboxylic acids is 2. The summed E-state index contributed by atoms with van der Waals surface area (Å²) >= 11 is 6.36. The lowest BCUT2D eigenvalue weighted by atomic mass is 9.95. The van der Waals surface area contributed by atoms with E-state index in [1.165, 1.54) is 10.5 Å². The minimum Gasteiger partial charge on any atom is -0.336 e. The molecule has 0 unspecified atom stereocenters. The van der Waals surface area contributed by atoms with E-state index >= 15 is 0 Å². The first-order valence-corrected chi connectivity index (χ1v) is 11.6. The number of nitrogens with zero attached hydrogens (tertiary/aromatic N) is 2. The Kier molecular flexibility index (Phi) is 5.34. The third-order valence-corrected chi connectivity index (χ3v) is 6.91. The van der Waals surface area contributed by atoms with Gasteiger partial charge in [0.2, 0.25) is 0 Å². The van der Waals surface area contributed by atoms with Crippen molar-refractivity contribution < 1.29 is 9.59 Å². The van der Waals surface area contributed by atoms with Crippen molar-refractivity contribution in [2.75, 3.05) is 16.3 Å². The van der Waals surface area contributed by atoms with E-state index in [2.05, 4.69) is 6.07 Å². The van der Waals surface area contributed by atoms with Crippen molar-refractivity contribution in [2.24, 2.45) is 0 Å². The molecule has 5 heteroatoms. The van der Waals surface area contributed by atoms with Gasteiger partial charge in [-0.1, -0.05) is 59.6 Å². The quantitative estimate of drug-likeness (QED) is 0.453. The van der Waals surface area contributed by atoms with Crippen LogP contribution < -0.4 is 9.80 Å². The fraction of sp³-hybridized carbons (Fsp3) is 0.214. The summed E-state index contributed by atoms with van der Waals surface area (Å²) < 4.78 is 0. The average Bonchev–Trinajstić information content (AvgIpc) is 3.05. The Labute approximate surface area is 199 Å². The van der Waals surface area contributed by atoms with Gasteiger partial charge in [0.15, 0.2) is 0 Å². The molecule has 4 nitrogen and oxygen atoms in total. The standard InChI is InChI=1S/C28H25ClN2O2/c1-17-10-13-22(19(3)15-17)25-26(30-14-6-8-20-7-4-5-9-24(20)30)28(33)31(27(25)32)21-12-11-18(2)23(29)16-21/h4-5,7,9-13,15-16H,6,8,14H2,1-3H3. The maximum Gasteiger partial charge on any atom is 0.282 e. The highest BCUT2D eigenvalue weighted by Crippen LogP contribution is 2.40. The molecule has 0 saturated heterocycles. The summed E-state index contributed by atoms with van der Waals surface area (Å²) in [5.74, 6) is -0.628. The van der Waals surface area contributed by atoms with Gasteiger partial charge in [0.25, 0.3) is 11.8 Å². The summed E-state index contributed by atoms with van der Waals surface area (Å²) in [6, 6.07) is 19.4. The number of fused-ring (bicyclic) bond motifs is 1. The van der Waals surface area contributed by atoms with Gasteiger partial charge in [-0.3, -0.25) is 9.59 Å². The zero-order chi connectivity index (χ0) is 23.3. The molecule has 166 valence electrons. The number of rotatable bonds is 3. The average molecular weight is 457 g/mol. The molecule has 0 N–H and O–H groups in total. The summed E-state index contributed by atoms with van der Waals surface area (Å²) in [5, 5.41) is 0.526. The van der Waals surface area contributed by atoms with Crippen molar-refractivity contribution in [1.82, 2.24) is 0 Å². The van der Waals surface area contributed by atoms with Crippen molar-refractivity contribution in [3.8, 4) is 0 Å². The normalized spacial score (nSPS) is 16.0. The second kappa shape index (κ2) is 8.20. The number of benzene rings is 3. The van der Waals surface area contributed by atoms with E-state index in [9.17, 15) is 9.59 Å². The maximum absolute atomic E-state index is 13.9. The largest absolute Gasteiger partial charge is 0.336 e. The monoisotopic (exact) mass is 456 g/mol. The first-order chi connectivity index (χ1) is 15.9. The van der Waals surface area contributed by atoms with Crippen LogP contribution in [0.1, 0.15) is 34.2 Å². The first-order valence-electron chi connectivity index (χ1n) is 11.2. The molecule has 2 aliphatic heterocycles. The molecule has 2 aliphatic rings. The topological polar surface area (TPSA) is 40.6 Å². The maximum atomic E-state index is 13.9. The molecular weight excluding hydrogens is 432 g/mol. The van der Waals surface area contributed by atoms with E-state index in [1.807, 2.05) is 68.1 Å². The molecule has 3 aromatic rings. The lowest BCUT2D eigenvalue weighted by Crippen LogP contribution is -2.37. The second-order valence-electron chi connectivity index (χ2n) is 8.81. The van der Waals surface area contributed by atoms with Gasteiger partial charge in [-0.25, -0.2) is 4.90 Å². The zero-order valence-electron chi connectivity index (χ0n) is 19.0. The Morgan fingerprint density at radius 2 is 1.64 bits per heavy atom. The third kappa shape index (κ3) is 3.55. The molecule has 3 aromatic carbocycles. The summed E-state index contributed by atoms with van der Waals surface area (Å²) in [4.78, 5) is 31.1. The van der Waals surface area contributed by atoms with Gasteiger partial charge in [-0.15, -0.1) is 0 Å². The van der Waals surface area contributed by atoms with Gasteiger partial charge >= 0.3 is 0 Å². The minimum atomic E-state index is -0.315. The predicted molar refractivity (Wildman–Crippen MR) is 134 cm³/mol. The molecule has 0 atom stereocenters. The lowest BCUT2D eigenvalue weighted by Gasteiger charge is -2.32. The Bertz CT molecular complexity index is 1340. The fourth-order valence-electron chi connectivity index (χ4n) is 4.83. The van der Waals surface area contributed by atoms with Gasteiger partial charge in [-0.2, -0.15) is 0 Å². The molecule has 0 aromatic heterocycles. The van der Waals surface area contributed by atoms with Crippen LogP contribution in [0, 0.1) is 20.8 Å². The highest BCUT2D eigenvalue weighted by molar-refractivity contribution is 6.46. The smallest absolute Gasteiger partial charge is 0.282 e. The summed E-state index contributed by atoms with van der Waals surface area (Å²) in [6.07, 6.45) is 1.87. The van der Waals surface area contributed by atoms with E-state index in [4.69, 9.17) is 11.6 Å². The van der Waals surface area contributed by atoms with E-state index in [1.54, 1.807) is 12.1 Å². The molecule has 0 radical (unpaired) electrons. The van der Waals surface area contributed by atoms with Gasteiger partial charge in [0, 0.05) is 17.3 Å². The van der Waals surface area contributed by atoms with Crippen LogP contribution in [0.2, 0.25) is 5.02 Å². The summed E-state index contributed by atoms with van der Waals surface area (Å²) in [7, 11) is 0. The molecule has 0 aliphatic carbocycles. The molecule has 0 fully saturated rings. The number of hydrogen-bond donors (Lipinski definition) is 0. The van der Waals surface area contributed by atoms with E-state index in [-0.39, 0.29) is 11.8 Å². The molecule has 2 heterocycles. The van der Waals surface area contributed by atoms with Crippen LogP contribution in [-0.4, -0.2) is 18.4 Å². The van der Waals surface area contributed by atoms with Crippen molar-refractivity contribution in [3.63, 3.8) is 0 Å². The number of para-hydroxylation sites is 1. The molecule has 0 spiro atoms. The van der Waals surface area contributed by atoms with Crippen LogP contribution in [0.15, 0.2) is 66.4 Å². The lowest BCUT2D eigenvalue weighted by molar-refractivity contribution is -0.120. The molecular formula is C28H25ClN2O2. The molecule has 2 amide bonds. The number of amides is 2. The molecule has 0 bridgehead atoms. The van der Waals surface area contributed by atoms with E-state index < -0.39 is 0 Å². The second-order valence-corrected chi connectivity index (χ2v) is 9.21. The highest BCUT2D eigenvalue weighted by Gasteiger charge is 2.44. The highest BCUT2D eigenvalue weighted by atomic mass is 35.5. The number of hydrogen-bond acceptors (Lipinski definition) is 3. The summed E-state index contributed by atoms with van der Waals surface area (Å²) in [6.45, 7) is 6.59. The van der Waals surface area contributed by atoms with Crippen LogP contribution in [0.3, 0.4) is 0 Å². The van der Waals surface area contributed by atoms with E-state index in [0.29, 0.717) is 28.5 Å². The van der Waals surface area contributed by atoms with Gasteiger partial charge < -0.3 is 4.90 Å². The van der Waals surface area contributed by atoms with Crippen molar-refractivity contribution >= 4 is 40.4 Å².